The molecule has 0 saturated carbocycles. The summed E-state index contributed by atoms with van der Waals surface area (Å²) in [6, 6.07) is 53.1. The van der Waals surface area contributed by atoms with E-state index in [4.69, 9.17) is 0 Å². The smallest absolute Gasteiger partial charge is 0.0470 e. The Kier molecular flexibility index (Phi) is 5.13. The van der Waals surface area contributed by atoms with E-state index in [9.17, 15) is 0 Å². The zero-order chi connectivity index (χ0) is 27.6. The van der Waals surface area contributed by atoms with Crippen LogP contribution >= 0.6 is 11.3 Å². The minimum Gasteiger partial charge on any atom is -0.355 e. The summed E-state index contributed by atoms with van der Waals surface area (Å²) in [5, 5.41) is 16.6. The Hall–Kier alpha value is -5.18. The summed E-state index contributed by atoms with van der Waals surface area (Å²) >= 11 is 1.91. The number of rotatable bonds is 3. The highest BCUT2D eigenvalue weighted by atomic mass is 32.1. The van der Waals surface area contributed by atoms with Crippen LogP contribution in [0.2, 0.25) is 0 Å². The minimum atomic E-state index is 1.09. The van der Waals surface area contributed by atoms with Crippen molar-refractivity contribution in [1.29, 1.82) is 0 Å². The molecule has 42 heavy (non-hydrogen) atoms. The van der Waals surface area contributed by atoms with E-state index in [0.717, 1.165) is 11.4 Å². The fraction of sp³-hybridized carbons (Fsp3) is 0. The van der Waals surface area contributed by atoms with Gasteiger partial charge >= 0.3 is 0 Å². The first kappa shape index (κ1) is 23.5. The SMILES string of the molecule is c1ccc2cc(Nc3cc(-c4cc5sc6c7ccccc7ccc6c5c5ccccc45)cc4ccccc34)ccc2c1. The molecule has 0 radical (unpaired) electrons. The number of hydrogen-bond donors (Lipinski definition) is 1. The molecule has 0 fully saturated rings. The van der Waals surface area contributed by atoms with E-state index < -0.39 is 0 Å². The van der Waals surface area contributed by atoms with Gasteiger partial charge in [-0.25, -0.2) is 0 Å². The highest BCUT2D eigenvalue weighted by Gasteiger charge is 2.16. The van der Waals surface area contributed by atoms with Gasteiger partial charge in [-0.3, -0.25) is 0 Å². The summed E-state index contributed by atoms with van der Waals surface area (Å²) in [5.41, 5.74) is 4.69. The third kappa shape index (κ3) is 3.62. The third-order valence-electron chi connectivity index (χ3n) is 8.57. The van der Waals surface area contributed by atoms with E-state index in [0.29, 0.717) is 0 Å². The molecule has 0 saturated heterocycles. The first-order valence-electron chi connectivity index (χ1n) is 14.3. The largest absolute Gasteiger partial charge is 0.355 e. The maximum atomic E-state index is 3.78. The van der Waals surface area contributed by atoms with Crippen molar-refractivity contribution in [1.82, 2.24) is 0 Å². The quantitative estimate of drug-likeness (QED) is 0.230. The predicted octanol–water partition coefficient (Wildman–Crippen LogP) is 12.1. The van der Waals surface area contributed by atoms with E-state index in [-0.39, 0.29) is 0 Å². The van der Waals surface area contributed by atoms with Crippen LogP contribution in [-0.4, -0.2) is 0 Å². The van der Waals surface area contributed by atoms with Gasteiger partial charge in [0.05, 0.1) is 0 Å². The highest BCUT2D eigenvalue weighted by molar-refractivity contribution is 7.27. The van der Waals surface area contributed by atoms with Crippen LogP contribution in [0.4, 0.5) is 11.4 Å². The standard InChI is InChI=1S/C40H25NS/c1-2-11-27-22-30(19-17-25(27)9-1)41-37-23-29(21-28-12-4-5-13-31(28)37)36-24-38-39(34-16-8-7-15-33(34)36)35-20-18-26-10-3-6-14-32(26)40(35)42-38/h1-24,41H. The van der Waals surface area contributed by atoms with Crippen LogP contribution < -0.4 is 5.32 Å². The minimum absolute atomic E-state index is 1.09. The monoisotopic (exact) mass is 551 g/mol. The molecule has 0 bridgehead atoms. The van der Waals surface area contributed by atoms with Crippen molar-refractivity contribution in [2.24, 2.45) is 0 Å². The molecule has 0 aliphatic carbocycles. The summed E-state index contributed by atoms with van der Waals surface area (Å²) in [6.07, 6.45) is 0. The summed E-state index contributed by atoms with van der Waals surface area (Å²) < 4.78 is 2.69. The van der Waals surface area contributed by atoms with Gasteiger partial charge in [0.1, 0.15) is 0 Å². The first-order chi connectivity index (χ1) is 20.8. The Bertz CT molecular complexity index is 2500. The van der Waals surface area contributed by atoms with Crippen LogP contribution in [0.25, 0.3) is 74.4 Å². The number of fused-ring (bicyclic) bond motifs is 9. The molecule has 0 unspecified atom stereocenters. The van der Waals surface area contributed by atoms with E-state index in [1.54, 1.807) is 0 Å². The molecule has 0 aliphatic rings. The Labute approximate surface area is 247 Å². The number of anilines is 2. The van der Waals surface area contributed by atoms with Crippen molar-refractivity contribution in [3.63, 3.8) is 0 Å². The number of thiophene rings is 1. The van der Waals surface area contributed by atoms with Gasteiger partial charge in [0.2, 0.25) is 0 Å². The van der Waals surface area contributed by atoms with Crippen molar-refractivity contribution < 1.29 is 0 Å². The van der Waals surface area contributed by atoms with Gasteiger partial charge in [-0.05, 0) is 79.2 Å². The molecule has 0 spiro atoms. The average molecular weight is 552 g/mol. The van der Waals surface area contributed by atoms with Gasteiger partial charge in [0, 0.05) is 36.9 Å². The molecule has 196 valence electrons. The summed E-state index contributed by atoms with van der Waals surface area (Å²) in [6.45, 7) is 0. The number of benzene rings is 8. The maximum absolute atomic E-state index is 3.78. The highest BCUT2D eigenvalue weighted by Crippen LogP contribution is 2.45. The maximum Gasteiger partial charge on any atom is 0.0470 e. The van der Waals surface area contributed by atoms with Crippen LogP contribution in [0.3, 0.4) is 0 Å². The van der Waals surface area contributed by atoms with Gasteiger partial charge < -0.3 is 5.32 Å². The van der Waals surface area contributed by atoms with Crippen LogP contribution in [0.5, 0.6) is 0 Å². The summed E-state index contributed by atoms with van der Waals surface area (Å²) in [7, 11) is 0. The Balaban J connectivity index is 1.29. The molecular formula is C40H25NS. The molecule has 1 aromatic heterocycles. The lowest BCUT2D eigenvalue weighted by molar-refractivity contribution is 1.59. The van der Waals surface area contributed by atoms with Crippen molar-refractivity contribution in [3.05, 3.63) is 146 Å². The van der Waals surface area contributed by atoms with Gasteiger partial charge in [0.15, 0.2) is 0 Å². The van der Waals surface area contributed by atoms with Crippen molar-refractivity contribution in [3.8, 4) is 11.1 Å². The molecule has 0 amide bonds. The molecule has 0 aliphatic heterocycles. The molecule has 1 nitrogen and oxygen atoms in total. The van der Waals surface area contributed by atoms with Crippen LogP contribution in [0, 0.1) is 0 Å². The average Bonchev–Trinajstić information content (AvgIpc) is 3.44. The van der Waals surface area contributed by atoms with Crippen molar-refractivity contribution in [2.45, 2.75) is 0 Å². The zero-order valence-corrected chi connectivity index (χ0v) is 23.6. The van der Waals surface area contributed by atoms with E-state index in [2.05, 4.69) is 151 Å². The zero-order valence-electron chi connectivity index (χ0n) is 22.8. The predicted molar refractivity (Wildman–Crippen MR) is 185 cm³/mol. The van der Waals surface area contributed by atoms with Gasteiger partial charge in [-0.1, -0.05) is 115 Å². The van der Waals surface area contributed by atoms with E-state index in [1.165, 1.54) is 74.4 Å². The Morgan fingerprint density at radius 3 is 1.95 bits per heavy atom. The van der Waals surface area contributed by atoms with Gasteiger partial charge in [0.25, 0.3) is 0 Å². The lowest BCUT2D eigenvalue weighted by Crippen LogP contribution is -1.93. The Morgan fingerprint density at radius 1 is 0.429 bits per heavy atom. The first-order valence-corrected chi connectivity index (χ1v) is 15.2. The van der Waals surface area contributed by atoms with Gasteiger partial charge in [-0.2, -0.15) is 0 Å². The molecule has 2 heteroatoms. The second-order valence-corrected chi connectivity index (χ2v) is 12.1. The second-order valence-electron chi connectivity index (χ2n) is 11.0. The molecule has 9 rings (SSSR count). The van der Waals surface area contributed by atoms with Gasteiger partial charge in [-0.15, -0.1) is 11.3 Å². The molecule has 8 aromatic carbocycles. The van der Waals surface area contributed by atoms with Crippen LogP contribution in [0.15, 0.2) is 146 Å². The third-order valence-corrected chi connectivity index (χ3v) is 9.76. The van der Waals surface area contributed by atoms with Crippen molar-refractivity contribution >= 4 is 86.0 Å². The number of hydrogen-bond acceptors (Lipinski definition) is 2. The Morgan fingerprint density at radius 2 is 1.10 bits per heavy atom. The van der Waals surface area contributed by atoms with Crippen LogP contribution in [0.1, 0.15) is 0 Å². The molecular weight excluding hydrogens is 527 g/mol. The normalized spacial score (nSPS) is 11.8. The fourth-order valence-electron chi connectivity index (χ4n) is 6.60. The van der Waals surface area contributed by atoms with Crippen LogP contribution in [-0.2, 0) is 0 Å². The molecule has 0 atom stereocenters. The number of nitrogens with one attached hydrogen (secondary N) is 1. The summed E-state index contributed by atoms with van der Waals surface area (Å²) in [5.74, 6) is 0. The second kappa shape index (κ2) is 9.17. The van der Waals surface area contributed by atoms with E-state index in [1.807, 2.05) is 11.3 Å². The topological polar surface area (TPSA) is 12.0 Å². The van der Waals surface area contributed by atoms with Crippen molar-refractivity contribution in [2.75, 3.05) is 5.32 Å². The molecule has 9 aromatic rings. The fourth-order valence-corrected chi connectivity index (χ4v) is 7.89. The van der Waals surface area contributed by atoms with E-state index >= 15 is 0 Å². The molecule has 1 N–H and O–H groups in total. The lowest BCUT2D eigenvalue weighted by Gasteiger charge is -2.15. The summed E-state index contributed by atoms with van der Waals surface area (Å²) in [4.78, 5) is 0. The molecule has 1 heterocycles. The lowest BCUT2D eigenvalue weighted by atomic mass is 9.93.